The first kappa shape index (κ1) is 45.9. The van der Waals surface area contributed by atoms with Gasteiger partial charge in [0.2, 0.25) is 0 Å². The van der Waals surface area contributed by atoms with Gasteiger partial charge in [0.25, 0.3) is 0 Å². The first-order valence-electron chi connectivity index (χ1n) is 18.4. The Bertz CT molecular complexity index is 501. The molecule has 42 heavy (non-hydrogen) atoms. The van der Waals surface area contributed by atoms with E-state index in [-0.39, 0.29) is 12.0 Å². The molecule has 0 aromatic heterocycles. The second-order valence-corrected chi connectivity index (χ2v) is 13.1. The lowest BCUT2D eigenvalue weighted by Crippen LogP contribution is -2.16. The Morgan fingerprint density at radius 2 is 1.10 bits per heavy atom. The monoisotopic (exact) mass is 616 g/mol. The summed E-state index contributed by atoms with van der Waals surface area (Å²) in [4.78, 5) is 22.0. The highest BCUT2D eigenvalue weighted by Crippen LogP contribution is 2.20. The molecule has 0 aliphatic carbocycles. The molecule has 4 nitrogen and oxygen atoms in total. The number of nitrogens with two attached hydrogens (primary N) is 1. The normalized spacial score (nSPS) is 12.0. The minimum Gasteiger partial charge on any atom is -0.465 e. The smallest absolute Gasteiger partial charge is 0.306 e. The summed E-state index contributed by atoms with van der Waals surface area (Å²) in [6, 6.07) is 0.250. The van der Waals surface area contributed by atoms with Gasteiger partial charge < -0.3 is 15.3 Å². The van der Waals surface area contributed by atoms with Gasteiger partial charge in [0, 0.05) is 18.2 Å². The minimum absolute atomic E-state index is 0.0233. The molecular formula is C37H77NO3S. The molecule has 0 rings (SSSR count). The summed E-state index contributed by atoms with van der Waals surface area (Å²) in [5.41, 5.74) is 5.74. The van der Waals surface area contributed by atoms with Crippen molar-refractivity contribution in [2.75, 3.05) is 18.1 Å². The fourth-order valence-corrected chi connectivity index (χ4v) is 5.79. The number of ether oxygens (including phenoxy) is 1. The van der Waals surface area contributed by atoms with Crippen LogP contribution < -0.4 is 5.73 Å². The number of aldehydes is 1. The van der Waals surface area contributed by atoms with Crippen LogP contribution >= 0.6 is 11.8 Å². The van der Waals surface area contributed by atoms with Gasteiger partial charge in [-0.15, -0.1) is 0 Å². The van der Waals surface area contributed by atoms with E-state index in [0.29, 0.717) is 18.9 Å². The third-order valence-corrected chi connectivity index (χ3v) is 8.52. The molecule has 2 atom stereocenters. The first-order chi connectivity index (χ1) is 20.5. The van der Waals surface area contributed by atoms with E-state index in [4.69, 9.17) is 10.5 Å². The van der Waals surface area contributed by atoms with Crippen LogP contribution in [0.4, 0.5) is 0 Å². The lowest BCUT2D eigenvalue weighted by molar-refractivity contribution is -0.144. The average Bonchev–Trinajstić information content (AvgIpc) is 2.99. The van der Waals surface area contributed by atoms with Crippen molar-refractivity contribution in [3.8, 4) is 0 Å². The molecule has 2 unspecified atom stereocenters. The highest BCUT2D eigenvalue weighted by Gasteiger charge is 2.12. The van der Waals surface area contributed by atoms with E-state index in [1.165, 1.54) is 128 Å². The van der Waals surface area contributed by atoms with Crippen LogP contribution in [-0.2, 0) is 14.3 Å². The van der Waals surface area contributed by atoms with Crippen LogP contribution in [0.25, 0.3) is 0 Å². The quantitative estimate of drug-likeness (QED) is 0.0494. The molecule has 0 aromatic carbocycles. The van der Waals surface area contributed by atoms with E-state index in [9.17, 15) is 9.59 Å². The van der Waals surface area contributed by atoms with Gasteiger partial charge in [-0.25, -0.2) is 0 Å². The van der Waals surface area contributed by atoms with Crippen molar-refractivity contribution in [3.05, 3.63) is 0 Å². The van der Waals surface area contributed by atoms with Crippen LogP contribution in [0.1, 0.15) is 196 Å². The summed E-state index contributed by atoms with van der Waals surface area (Å²) in [5.74, 6) is 2.42. The maximum atomic E-state index is 12.0. The van der Waals surface area contributed by atoms with Crippen LogP contribution in [0.2, 0.25) is 0 Å². The van der Waals surface area contributed by atoms with Gasteiger partial charge in [0.05, 0.1) is 13.0 Å². The number of rotatable bonds is 30. The fraction of sp³-hybridized carbons (Fsp3) is 0.946. The van der Waals surface area contributed by atoms with Gasteiger partial charge >= 0.3 is 5.97 Å². The largest absolute Gasteiger partial charge is 0.465 e. The van der Waals surface area contributed by atoms with Gasteiger partial charge in [0.1, 0.15) is 6.29 Å². The Morgan fingerprint density at radius 3 is 1.55 bits per heavy atom. The third kappa shape index (κ3) is 43.9. The Kier molecular flexibility index (Phi) is 46.5. The van der Waals surface area contributed by atoms with Crippen LogP contribution in [0.3, 0.4) is 0 Å². The van der Waals surface area contributed by atoms with Crippen molar-refractivity contribution in [2.24, 2.45) is 11.7 Å². The SMILES string of the molecule is CC.CCCCCCCCC(CCCCCC)COC(=O)CCSCCC(C)N.CCCCCCCCCCCC=O. The molecular weight excluding hydrogens is 538 g/mol. The zero-order valence-corrected chi connectivity index (χ0v) is 30.4. The molecule has 0 fully saturated rings. The summed E-state index contributed by atoms with van der Waals surface area (Å²) < 4.78 is 5.61. The topological polar surface area (TPSA) is 69.4 Å². The molecule has 0 aliphatic heterocycles. The van der Waals surface area contributed by atoms with Gasteiger partial charge in [-0.3, -0.25) is 4.79 Å². The molecule has 0 radical (unpaired) electrons. The lowest BCUT2D eigenvalue weighted by Gasteiger charge is -2.17. The van der Waals surface area contributed by atoms with Crippen molar-refractivity contribution < 1.29 is 14.3 Å². The number of carbonyl (C=O) groups is 2. The maximum Gasteiger partial charge on any atom is 0.306 e. The number of unbranched alkanes of at least 4 members (excludes halogenated alkanes) is 17. The Morgan fingerprint density at radius 1 is 0.667 bits per heavy atom. The summed E-state index contributed by atoms with van der Waals surface area (Å²) in [6.07, 6.45) is 30.9. The molecule has 5 heteroatoms. The van der Waals surface area contributed by atoms with E-state index in [1.807, 2.05) is 20.8 Å². The van der Waals surface area contributed by atoms with Crippen molar-refractivity contribution in [1.29, 1.82) is 0 Å². The number of thioether (sulfide) groups is 1. The van der Waals surface area contributed by atoms with Crippen LogP contribution in [-0.4, -0.2) is 36.4 Å². The number of esters is 1. The first-order valence-corrected chi connectivity index (χ1v) is 19.6. The summed E-state index contributed by atoms with van der Waals surface area (Å²) in [5, 5.41) is 0. The Balaban J connectivity index is -0.000000847. The fourth-order valence-electron chi connectivity index (χ4n) is 4.73. The zero-order chi connectivity index (χ0) is 31.9. The van der Waals surface area contributed by atoms with Crippen LogP contribution in [0, 0.1) is 5.92 Å². The molecule has 0 aliphatic rings. The molecule has 254 valence electrons. The van der Waals surface area contributed by atoms with E-state index >= 15 is 0 Å². The maximum absolute atomic E-state index is 12.0. The van der Waals surface area contributed by atoms with E-state index in [0.717, 1.165) is 37.1 Å². The third-order valence-electron chi connectivity index (χ3n) is 7.51. The molecule has 0 saturated heterocycles. The van der Waals surface area contributed by atoms with Crippen LogP contribution in [0.15, 0.2) is 0 Å². The average molecular weight is 616 g/mol. The minimum atomic E-state index is -0.0233. The predicted octanol–water partition coefficient (Wildman–Crippen LogP) is 11.9. The van der Waals surface area contributed by atoms with Gasteiger partial charge in [-0.2, -0.15) is 11.8 Å². The van der Waals surface area contributed by atoms with Crippen molar-refractivity contribution >= 4 is 24.0 Å². The molecule has 0 heterocycles. The van der Waals surface area contributed by atoms with Gasteiger partial charge in [-0.1, -0.05) is 150 Å². The molecule has 0 amide bonds. The highest BCUT2D eigenvalue weighted by atomic mass is 32.2. The summed E-state index contributed by atoms with van der Waals surface area (Å²) in [7, 11) is 0. The Hall–Kier alpha value is -0.550. The Labute approximate surface area is 269 Å². The lowest BCUT2D eigenvalue weighted by atomic mass is 9.95. The molecule has 0 saturated carbocycles. The predicted molar refractivity (Wildman–Crippen MR) is 191 cm³/mol. The highest BCUT2D eigenvalue weighted by molar-refractivity contribution is 7.99. The second-order valence-electron chi connectivity index (χ2n) is 11.9. The second kappa shape index (κ2) is 42.6. The summed E-state index contributed by atoms with van der Waals surface area (Å²) in [6.45, 7) is 13.4. The molecule has 0 bridgehead atoms. The summed E-state index contributed by atoms with van der Waals surface area (Å²) >= 11 is 1.81. The van der Waals surface area contributed by atoms with E-state index in [1.54, 1.807) is 11.8 Å². The molecule has 2 N–H and O–H groups in total. The van der Waals surface area contributed by atoms with Crippen molar-refractivity contribution in [3.63, 3.8) is 0 Å². The van der Waals surface area contributed by atoms with Crippen molar-refractivity contribution in [1.82, 2.24) is 0 Å². The van der Waals surface area contributed by atoms with E-state index in [2.05, 4.69) is 20.8 Å². The molecule has 0 spiro atoms. The van der Waals surface area contributed by atoms with Crippen LogP contribution in [0.5, 0.6) is 0 Å². The standard InChI is InChI=1S/C23H47NO2S.C12H24O.C2H6/c1-4-6-8-10-11-13-15-22(14-12-9-7-5-2)20-26-23(25)17-19-27-18-16-21(3)24;1-2-3-4-5-6-7-8-9-10-11-12-13;1-2/h21-22H,4-20,24H2,1-3H3;12H,2-11H2,1H3;1-2H3. The van der Waals surface area contributed by atoms with E-state index < -0.39 is 0 Å². The van der Waals surface area contributed by atoms with Gasteiger partial charge in [-0.05, 0) is 44.3 Å². The number of hydrogen-bond donors (Lipinski definition) is 1. The zero-order valence-electron chi connectivity index (χ0n) is 29.5. The van der Waals surface area contributed by atoms with Crippen molar-refractivity contribution in [2.45, 2.75) is 202 Å². The number of hydrogen-bond acceptors (Lipinski definition) is 5. The molecule has 0 aromatic rings. The van der Waals surface area contributed by atoms with Gasteiger partial charge in [0.15, 0.2) is 0 Å². The number of carbonyl (C=O) groups excluding carboxylic acids is 2.